The van der Waals surface area contributed by atoms with Crippen molar-refractivity contribution in [3.8, 4) is 16.9 Å². The first-order valence-electron chi connectivity index (χ1n) is 8.89. The largest absolute Gasteiger partial charge is 0.491 e. The Kier molecular flexibility index (Phi) is 6.27. The molecule has 1 aromatic heterocycles. The van der Waals surface area contributed by atoms with E-state index in [9.17, 15) is 0 Å². The molecule has 3 aromatic rings. The molecule has 1 unspecified atom stereocenters. The van der Waals surface area contributed by atoms with Gasteiger partial charge in [0.05, 0.1) is 16.1 Å². The maximum atomic E-state index is 6.27. The highest BCUT2D eigenvalue weighted by Gasteiger charge is 2.14. The fourth-order valence-electron chi connectivity index (χ4n) is 2.88. The zero-order valence-corrected chi connectivity index (χ0v) is 17.5. The molecule has 1 atom stereocenters. The van der Waals surface area contributed by atoms with Crippen LogP contribution in [0.5, 0.6) is 5.75 Å². The number of ether oxygens (including phenoxy) is 1. The average Bonchev–Trinajstić information content (AvgIpc) is 2.64. The van der Waals surface area contributed by atoms with Crippen molar-refractivity contribution in [2.45, 2.75) is 26.8 Å². The van der Waals surface area contributed by atoms with E-state index in [4.69, 9.17) is 33.7 Å². The Balaban J connectivity index is 1.70. The Morgan fingerprint density at radius 3 is 2.43 bits per heavy atom. The third kappa shape index (κ3) is 4.49. The lowest BCUT2D eigenvalue weighted by molar-refractivity contribution is 0.299. The Bertz CT molecular complexity index is 974. The number of hydrogen-bond donors (Lipinski definition) is 2. The SMILES string of the molecule is Cc1cccc(C)c1OCC(C)Nc1ncc(-c2cccc(Cl)c2Cl)c(N)n1. The summed E-state index contributed by atoms with van der Waals surface area (Å²) in [6, 6.07) is 11.4. The number of anilines is 2. The lowest BCUT2D eigenvalue weighted by atomic mass is 10.1. The molecule has 2 aromatic carbocycles. The van der Waals surface area contributed by atoms with Crippen LogP contribution in [-0.4, -0.2) is 22.6 Å². The topological polar surface area (TPSA) is 73.1 Å². The van der Waals surface area contributed by atoms with E-state index in [0.717, 1.165) is 16.9 Å². The second kappa shape index (κ2) is 8.67. The zero-order valence-electron chi connectivity index (χ0n) is 16.0. The van der Waals surface area contributed by atoms with Crippen molar-refractivity contribution >= 4 is 35.0 Å². The summed E-state index contributed by atoms with van der Waals surface area (Å²) in [5.41, 5.74) is 9.68. The standard InChI is InChI=1S/C21H22Cl2N4O/c1-12-6-4-7-13(2)19(12)28-11-14(3)26-21-25-10-16(20(24)27-21)15-8-5-9-17(22)18(15)23/h4-10,14H,11H2,1-3H3,(H3,24,25,26,27). The van der Waals surface area contributed by atoms with Gasteiger partial charge in [0.2, 0.25) is 5.95 Å². The lowest BCUT2D eigenvalue weighted by Crippen LogP contribution is -2.25. The lowest BCUT2D eigenvalue weighted by Gasteiger charge is -2.18. The molecule has 146 valence electrons. The van der Waals surface area contributed by atoms with E-state index in [1.165, 1.54) is 0 Å². The van der Waals surface area contributed by atoms with Crippen molar-refractivity contribution in [3.05, 3.63) is 63.8 Å². The second-order valence-corrected chi connectivity index (χ2v) is 7.46. The van der Waals surface area contributed by atoms with Gasteiger partial charge in [-0.2, -0.15) is 4.98 Å². The van der Waals surface area contributed by atoms with Crippen LogP contribution in [0, 0.1) is 13.8 Å². The highest BCUT2D eigenvalue weighted by atomic mass is 35.5. The van der Waals surface area contributed by atoms with Crippen molar-refractivity contribution in [3.63, 3.8) is 0 Å². The number of nitrogen functional groups attached to an aromatic ring is 1. The van der Waals surface area contributed by atoms with E-state index < -0.39 is 0 Å². The number of benzene rings is 2. The van der Waals surface area contributed by atoms with Crippen LogP contribution in [-0.2, 0) is 0 Å². The predicted octanol–water partition coefficient (Wildman–Crippen LogP) is 5.53. The van der Waals surface area contributed by atoms with Gasteiger partial charge >= 0.3 is 0 Å². The normalized spacial score (nSPS) is 11.9. The van der Waals surface area contributed by atoms with Crippen molar-refractivity contribution in [2.75, 3.05) is 17.7 Å². The van der Waals surface area contributed by atoms with Gasteiger partial charge < -0.3 is 15.8 Å². The molecule has 1 heterocycles. The molecule has 0 fully saturated rings. The number of halogens is 2. The zero-order chi connectivity index (χ0) is 20.3. The average molecular weight is 417 g/mol. The smallest absolute Gasteiger partial charge is 0.224 e. The van der Waals surface area contributed by atoms with Gasteiger partial charge in [-0.1, -0.05) is 53.5 Å². The molecule has 0 aliphatic carbocycles. The van der Waals surface area contributed by atoms with Crippen molar-refractivity contribution in [1.82, 2.24) is 9.97 Å². The van der Waals surface area contributed by atoms with E-state index in [0.29, 0.717) is 39.5 Å². The van der Waals surface area contributed by atoms with Gasteiger partial charge in [-0.15, -0.1) is 0 Å². The quantitative estimate of drug-likeness (QED) is 0.552. The van der Waals surface area contributed by atoms with E-state index in [-0.39, 0.29) is 6.04 Å². The Labute approximate surface area is 174 Å². The van der Waals surface area contributed by atoms with E-state index in [2.05, 4.69) is 15.3 Å². The van der Waals surface area contributed by atoms with Gasteiger partial charge in [0.15, 0.2) is 0 Å². The molecule has 28 heavy (non-hydrogen) atoms. The number of nitrogens with two attached hydrogens (primary N) is 1. The summed E-state index contributed by atoms with van der Waals surface area (Å²) in [6.07, 6.45) is 1.64. The Hall–Kier alpha value is -2.50. The monoisotopic (exact) mass is 416 g/mol. The number of aromatic nitrogens is 2. The van der Waals surface area contributed by atoms with Crippen molar-refractivity contribution < 1.29 is 4.74 Å². The Morgan fingerprint density at radius 1 is 1.07 bits per heavy atom. The minimum atomic E-state index is -0.0148. The number of nitrogens with zero attached hydrogens (tertiary/aromatic N) is 2. The molecule has 7 heteroatoms. The maximum Gasteiger partial charge on any atom is 0.224 e. The molecule has 3 N–H and O–H groups in total. The molecule has 0 saturated heterocycles. The fourth-order valence-corrected chi connectivity index (χ4v) is 3.28. The van der Waals surface area contributed by atoms with Crippen LogP contribution < -0.4 is 15.8 Å². The van der Waals surface area contributed by atoms with Crippen LogP contribution in [0.3, 0.4) is 0 Å². The third-order valence-electron chi connectivity index (χ3n) is 4.32. The molecule has 5 nitrogen and oxygen atoms in total. The highest BCUT2D eigenvalue weighted by molar-refractivity contribution is 6.43. The molecule has 0 saturated carbocycles. The summed E-state index contributed by atoms with van der Waals surface area (Å²) in [5, 5.41) is 4.09. The van der Waals surface area contributed by atoms with E-state index in [1.54, 1.807) is 12.3 Å². The summed E-state index contributed by atoms with van der Waals surface area (Å²) >= 11 is 12.4. The molecular formula is C21H22Cl2N4O. The third-order valence-corrected chi connectivity index (χ3v) is 5.14. The number of rotatable bonds is 6. The van der Waals surface area contributed by atoms with Gasteiger partial charge in [-0.25, -0.2) is 4.98 Å². The number of para-hydroxylation sites is 1. The first-order valence-corrected chi connectivity index (χ1v) is 9.65. The molecular weight excluding hydrogens is 395 g/mol. The first-order chi connectivity index (χ1) is 13.4. The minimum absolute atomic E-state index is 0.0148. The second-order valence-electron chi connectivity index (χ2n) is 6.67. The van der Waals surface area contributed by atoms with Gasteiger partial charge in [-0.3, -0.25) is 0 Å². The minimum Gasteiger partial charge on any atom is -0.491 e. The highest BCUT2D eigenvalue weighted by Crippen LogP contribution is 2.35. The van der Waals surface area contributed by atoms with Crippen LogP contribution in [0.25, 0.3) is 11.1 Å². The van der Waals surface area contributed by atoms with Crippen LogP contribution in [0.15, 0.2) is 42.6 Å². The molecule has 0 bridgehead atoms. The summed E-state index contributed by atoms with van der Waals surface area (Å²) in [4.78, 5) is 8.71. The molecule has 0 spiro atoms. The van der Waals surface area contributed by atoms with Crippen LogP contribution >= 0.6 is 23.2 Å². The van der Waals surface area contributed by atoms with Gasteiger partial charge in [-0.05, 0) is 38.0 Å². The van der Waals surface area contributed by atoms with Crippen LogP contribution in [0.1, 0.15) is 18.1 Å². The van der Waals surface area contributed by atoms with Gasteiger partial charge in [0, 0.05) is 17.3 Å². The fraction of sp³-hybridized carbons (Fsp3) is 0.238. The summed E-state index contributed by atoms with van der Waals surface area (Å²) in [6.45, 7) is 6.53. The first kappa shape index (κ1) is 20.2. The van der Waals surface area contributed by atoms with Crippen molar-refractivity contribution in [1.29, 1.82) is 0 Å². The number of nitrogens with one attached hydrogen (secondary N) is 1. The number of aryl methyl sites for hydroxylation is 2. The maximum absolute atomic E-state index is 6.27. The predicted molar refractivity (Wildman–Crippen MR) is 116 cm³/mol. The summed E-state index contributed by atoms with van der Waals surface area (Å²) < 4.78 is 5.97. The Morgan fingerprint density at radius 2 is 1.75 bits per heavy atom. The number of hydrogen-bond acceptors (Lipinski definition) is 5. The van der Waals surface area contributed by atoms with Gasteiger partial charge in [0.1, 0.15) is 18.2 Å². The molecule has 0 aliphatic heterocycles. The molecule has 0 aliphatic rings. The van der Waals surface area contributed by atoms with Crippen molar-refractivity contribution in [2.24, 2.45) is 0 Å². The molecule has 3 rings (SSSR count). The van der Waals surface area contributed by atoms with Crippen LogP contribution in [0.2, 0.25) is 10.0 Å². The molecule has 0 radical (unpaired) electrons. The van der Waals surface area contributed by atoms with E-state index in [1.807, 2.05) is 51.1 Å². The summed E-state index contributed by atoms with van der Waals surface area (Å²) in [5.74, 6) is 1.66. The van der Waals surface area contributed by atoms with Gasteiger partial charge in [0.25, 0.3) is 0 Å². The van der Waals surface area contributed by atoms with E-state index >= 15 is 0 Å². The van der Waals surface area contributed by atoms with Crippen LogP contribution in [0.4, 0.5) is 11.8 Å². The molecule has 0 amide bonds. The summed E-state index contributed by atoms with van der Waals surface area (Å²) in [7, 11) is 0.